The standard InChI is InChI=1S/C20H22O7/c1-17-5-3-9-10(8-24-15(9)22)11(17)7-12-19(25-12)16(23)18(4-2-6-21)13(26-18)14-20(17,19)27-14/h11-14,21H,2-8H2,1H3/t11-,12-,13-,14-,17-,18-,19+,20+/m0/s1. The molecule has 4 aliphatic heterocycles. The Balaban J connectivity index is 1.34. The highest BCUT2D eigenvalue weighted by molar-refractivity contribution is 6.05. The number of epoxide rings is 3. The van der Waals surface area contributed by atoms with Crippen molar-refractivity contribution < 1.29 is 33.6 Å². The zero-order chi connectivity index (χ0) is 18.4. The Kier molecular flexibility index (Phi) is 2.42. The smallest absolute Gasteiger partial charge is 0.334 e. The molecule has 7 aliphatic rings. The second-order valence-corrected chi connectivity index (χ2v) is 9.49. The van der Waals surface area contributed by atoms with Crippen molar-refractivity contribution in [3.63, 3.8) is 0 Å². The molecule has 144 valence electrons. The number of Topliss-reactive ketones (excluding diaryl/α,β-unsaturated/α-hetero) is 1. The van der Waals surface area contributed by atoms with Crippen LogP contribution in [0.25, 0.3) is 0 Å². The number of esters is 1. The molecule has 8 atom stereocenters. The van der Waals surface area contributed by atoms with Crippen LogP contribution in [0.4, 0.5) is 0 Å². The van der Waals surface area contributed by atoms with Gasteiger partial charge in [0.1, 0.15) is 24.4 Å². The first kappa shape index (κ1) is 15.6. The fraction of sp³-hybridized carbons (Fsp3) is 0.800. The number of rotatable bonds is 3. The van der Waals surface area contributed by atoms with E-state index in [2.05, 4.69) is 6.92 Å². The van der Waals surface area contributed by atoms with Crippen LogP contribution in [0.1, 0.15) is 39.0 Å². The third-order valence-corrected chi connectivity index (χ3v) is 8.75. The van der Waals surface area contributed by atoms with E-state index in [4.69, 9.17) is 18.9 Å². The van der Waals surface area contributed by atoms with Gasteiger partial charge in [-0.1, -0.05) is 6.92 Å². The topological polar surface area (TPSA) is 101 Å². The van der Waals surface area contributed by atoms with Gasteiger partial charge in [0.2, 0.25) is 5.78 Å². The minimum absolute atomic E-state index is 0.0328. The molecule has 4 heterocycles. The Hall–Kier alpha value is -1.28. The quantitative estimate of drug-likeness (QED) is 0.565. The Morgan fingerprint density at radius 3 is 2.85 bits per heavy atom. The predicted octanol–water partition coefficient (Wildman–Crippen LogP) is 0.428. The lowest BCUT2D eigenvalue weighted by molar-refractivity contribution is -0.138. The highest BCUT2D eigenvalue weighted by Gasteiger charge is 3.00. The summed E-state index contributed by atoms with van der Waals surface area (Å²) in [6.45, 7) is 2.62. The Morgan fingerprint density at radius 1 is 1.19 bits per heavy atom. The van der Waals surface area contributed by atoms with Crippen LogP contribution in [0.15, 0.2) is 11.1 Å². The minimum Gasteiger partial charge on any atom is -0.458 e. The minimum atomic E-state index is -0.896. The SMILES string of the molecule is C[C@]12CCC3=C(COC3=O)[C@@H]1C[C@@H]1O[C@@]13C(=O)[C@@]1(CCCO)O[C@H]1[C@@H]1O[C@]123. The molecule has 1 N–H and O–H groups in total. The van der Waals surface area contributed by atoms with Gasteiger partial charge in [0.25, 0.3) is 0 Å². The van der Waals surface area contributed by atoms with Crippen LogP contribution >= 0.6 is 0 Å². The van der Waals surface area contributed by atoms with E-state index in [9.17, 15) is 14.7 Å². The van der Waals surface area contributed by atoms with Crippen LogP contribution < -0.4 is 0 Å². The largest absolute Gasteiger partial charge is 0.458 e. The van der Waals surface area contributed by atoms with Gasteiger partial charge in [0.15, 0.2) is 11.2 Å². The molecule has 0 unspecified atom stereocenters. The number of aliphatic hydroxyl groups excluding tert-OH is 1. The summed E-state index contributed by atoms with van der Waals surface area (Å²) in [5.41, 5.74) is -0.686. The van der Waals surface area contributed by atoms with E-state index < -0.39 is 16.8 Å². The highest BCUT2D eigenvalue weighted by Crippen LogP contribution is 2.81. The Bertz CT molecular complexity index is 864. The molecule has 2 spiro atoms. The summed E-state index contributed by atoms with van der Waals surface area (Å²) in [4.78, 5) is 25.7. The van der Waals surface area contributed by atoms with Gasteiger partial charge < -0.3 is 24.1 Å². The summed E-state index contributed by atoms with van der Waals surface area (Å²) >= 11 is 0. The van der Waals surface area contributed by atoms with Crippen LogP contribution in [0.2, 0.25) is 0 Å². The maximum Gasteiger partial charge on any atom is 0.334 e. The van der Waals surface area contributed by atoms with Gasteiger partial charge in [-0.3, -0.25) is 4.79 Å². The van der Waals surface area contributed by atoms with Crippen LogP contribution in [0.5, 0.6) is 0 Å². The maximum absolute atomic E-state index is 13.6. The second-order valence-electron chi connectivity index (χ2n) is 9.49. The maximum atomic E-state index is 13.6. The third kappa shape index (κ3) is 1.34. The molecule has 0 aromatic rings. The van der Waals surface area contributed by atoms with Crippen LogP contribution in [-0.4, -0.2) is 65.2 Å². The van der Waals surface area contributed by atoms with E-state index in [1.165, 1.54) is 0 Å². The molecule has 2 saturated carbocycles. The van der Waals surface area contributed by atoms with E-state index in [0.29, 0.717) is 25.9 Å². The third-order valence-electron chi connectivity index (χ3n) is 8.75. The van der Waals surface area contributed by atoms with Crippen molar-refractivity contribution in [1.29, 1.82) is 0 Å². The predicted molar refractivity (Wildman–Crippen MR) is 87.6 cm³/mol. The molecule has 5 fully saturated rings. The fourth-order valence-corrected chi connectivity index (χ4v) is 7.40. The van der Waals surface area contributed by atoms with E-state index in [-0.39, 0.29) is 48.0 Å². The summed E-state index contributed by atoms with van der Waals surface area (Å²) in [6, 6.07) is 0. The number of fused-ring (bicyclic) bond motifs is 4. The van der Waals surface area contributed by atoms with Crippen molar-refractivity contribution >= 4 is 11.8 Å². The average molecular weight is 374 g/mol. The molecule has 0 aromatic carbocycles. The molecule has 7 heteroatoms. The number of hydrogen-bond acceptors (Lipinski definition) is 7. The van der Waals surface area contributed by atoms with Crippen LogP contribution in [-0.2, 0) is 28.5 Å². The summed E-state index contributed by atoms with van der Waals surface area (Å²) < 4.78 is 23.9. The summed E-state index contributed by atoms with van der Waals surface area (Å²) in [6.07, 6.45) is 2.74. The molecule has 7 rings (SSSR count). The van der Waals surface area contributed by atoms with Gasteiger partial charge in [-0.2, -0.15) is 0 Å². The fourth-order valence-electron chi connectivity index (χ4n) is 7.40. The van der Waals surface area contributed by atoms with Gasteiger partial charge >= 0.3 is 5.97 Å². The van der Waals surface area contributed by atoms with E-state index >= 15 is 0 Å². The van der Waals surface area contributed by atoms with Gasteiger partial charge in [-0.15, -0.1) is 0 Å². The second kappa shape index (κ2) is 4.17. The molecule has 0 aromatic heterocycles. The van der Waals surface area contributed by atoms with Crippen LogP contribution in [0.3, 0.4) is 0 Å². The van der Waals surface area contributed by atoms with Crippen molar-refractivity contribution in [3.8, 4) is 0 Å². The van der Waals surface area contributed by atoms with E-state index in [1.54, 1.807) is 0 Å². The molecule has 27 heavy (non-hydrogen) atoms. The molecule has 0 amide bonds. The molecular weight excluding hydrogens is 352 g/mol. The normalized spacial score (nSPS) is 58.3. The number of cyclic esters (lactones) is 1. The average Bonchev–Trinajstić information content (AvgIpc) is 3.54. The zero-order valence-electron chi connectivity index (χ0n) is 15.2. The van der Waals surface area contributed by atoms with Crippen LogP contribution in [0, 0.1) is 11.3 Å². The zero-order valence-corrected chi connectivity index (χ0v) is 15.2. The molecular formula is C20H22O7. The van der Waals surface area contributed by atoms with E-state index in [1.807, 2.05) is 0 Å². The first-order valence-corrected chi connectivity index (χ1v) is 10.0. The number of hydrogen-bond donors (Lipinski definition) is 1. The van der Waals surface area contributed by atoms with Gasteiger partial charge in [-0.25, -0.2) is 4.79 Å². The number of ether oxygens (including phenoxy) is 4. The first-order chi connectivity index (χ1) is 13.0. The lowest BCUT2D eigenvalue weighted by atomic mass is 9.47. The van der Waals surface area contributed by atoms with Crippen molar-refractivity contribution in [3.05, 3.63) is 11.1 Å². The molecule has 0 radical (unpaired) electrons. The Morgan fingerprint density at radius 2 is 2.04 bits per heavy atom. The summed E-state index contributed by atoms with van der Waals surface area (Å²) in [5, 5.41) is 9.23. The summed E-state index contributed by atoms with van der Waals surface area (Å²) in [7, 11) is 0. The van der Waals surface area contributed by atoms with E-state index in [0.717, 1.165) is 24.0 Å². The number of carbonyl (C=O) groups excluding carboxylic acids is 2. The summed E-state index contributed by atoms with van der Waals surface area (Å²) in [5.74, 6) is -0.000138. The van der Waals surface area contributed by atoms with Gasteiger partial charge in [0, 0.05) is 17.6 Å². The van der Waals surface area contributed by atoms with Crippen molar-refractivity contribution in [2.75, 3.05) is 13.2 Å². The first-order valence-electron chi connectivity index (χ1n) is 10.0. The number of ketones is 1. The van der Waals surface area contributed by atoms with Gasteiger partial charge in [0.05, 0.1) is 6.10 Å². The molecule has 0 bridgehead atoms. The highest BCUT2D eigenvalue weighted by atomic mass is 16.7. The molecule has 7 nitrogen and oxygen atoms in total. The molecule has 3 saturated heterocycles. The van der Waals surface area contributed by atoms with Gasteiger partial charge in [-0.05, 0) is 43.6 Å². The lowest BCUT2D eigenvalue weighted by Gasteiger charge is -2.51. The van der Waals surface area contributed by atoms with Crippen molar-refractivity contribution in [2.45, 2.75) is 74.1 Å². The number of carbonyl (C=O) groups is 2. The monoisotopic (exact) mass is 374 g/mol. The Labute approximate surface area is 156 Å². The molecule has 3 aliphatic carbocycles. The number of aliphatic hydroxyl groups is 1. The van der Waals surface area contributed by atoms with Crippen molar-refractivity contribution in [2.24, 2.45) is 11.3 Å². The lowest BCUT2D eigenvalue weighted by Crippen LogP contribution is -2.66. The van der Waals surface area contributed by atoms with Crippen molar-refractivity contribution in [1.82, 2.24) is 0 Å².